The lowest BCUT2D eigenvalue weighted by Gasteiger charge is -2.00. The van der Waals surface area contributed by atoms with Crippen LogP contribution in [0.4, 0.5) is 0 Å². The number of H-pyrrole nitrogens is 2. The van der Waals surface area contributed by atoms with Crippen molar-refractivity contribution in [2.24, 2.45) is 0 Å². The average molecular weight is 186 g/mol. The fourth-order valence-corrected chi connectivity index (χ4v) is 1.06. The minimum absolute atomic E-state index is 0.0282. The number of carbonyl (C=O) groups is 1. The number of hydrogen-bond donors (Lipinski definition) is 4. The number of carboxylic acids is 1. The number of aromatic amines is 2. The van der Waals surface area contributed by atoms with Crippen molar-refractivity contribution in [3.8, 4) is 0 Å². The predicted molar refractivity (Wildman–Crippen MR) is 43.8 cm³/mol. The van der Waals surface area contributed by atoms with Crippen LogP contribution in [0.25, 0.3) is 0 Å². The molecule has 72 valence electrons. The summed E-state index contributed by atoms with van der Waals surface area (Å²) in [6.07, 6.45) is -0.713. The minimum Gasteiger partial charge on any atom is -0.477 e. The monoisotopic (exact) mass is 186 g/mol. The van der Waals surface area contributed by atoms with Crippen LogP contribution in [0.5, 0.6) is 0 Å². The number of aliphatic hydroxyl groups is 1. The number of rotatable bonds is 3. The first kappa shape index (κ1) is 9.53. The molecule has 0 fully saturated rings. The van der Waals surface area contributed by atoms with Crippen molar-refractivity contribution >= 4 is 5.97 Å². The van der Waals surface area contributed by atoms with Crippen LogP contribution in [-0.2, 0) is 6.42 Å². The fourth-order valence-electron chi connectivity index (χ4n) is 1.06. The summed E-state index contributed by atoms with van der Waals surface area (Å²) in [7, 11) is 0. The molecule has 0 aliphatic carbocycles. The van der Waals surface area contributed by atoms with E-state index in [0.717, 1.165) is 0 Å². The molecule has 0 bridgehead atoms. The third-order valence-electron chi connectivity index (χ3n) is 1.59. The van der Waals surface area contributed by atoms with Gasteiger partial charge in [0.25, 0.3) is 5.56 Å². The maximum atomic E-state index is 11.0. The summed E-state index contributed by atoms with van der Waals surface area (Å²) in [5.41, 5.74) is -0.619. The smallest absolute Gasteiger partial charge is 0.354 e. The molecule has 1 aromatic rings. The van der Waals surface area contributed by atoms with Crippen LogP contribution in [0, 0.1) is 0 Å². The Labute approximate surface area is 73.2 Å². The summed E-state index contributed by atoms with van der Waals surface area (Å²) in [6, 6.07) is 0. The Balaban J connectivity index is 3.09. The molecular formula is C7H10N2O4. The first-order valence-electron chi connectivity index (χ1n) is 3.73. The van der Waals surface area contributed by atoms with Gasteiger partial charge in [-0.2, -0.15) is 0 Å². The topological polar surface area (TPSA) is 106 Å². The van der Waals surface area contributed by atoms with E-state index in [4.69, 9.17) is 10.2 Å². The molecular weight excluding hydrogens is 176 g/mol. The average Bonchev–Trinajstić information content (AvgIpc) is 2.32. The van der Waals surface area contributed by atoms with E-state index >= 15 is 0 Å². The molecule has 13 heavy (non-hydrogen) atoms. The highest BCUT2D eigenvalue weighted by Gasteiger charge is 2.17. The highest BCUT2D eigenvalue weighted by Crippen LogP contribution is 2.02. The van der Waals surface area contributed by atoms with E-state index in [1.165, 1.54) is 6.92 Å². The standard InChI is InChI=1S/C7H10N2O4/c1-3(10)2-4-5(7(12)13)8-9-6(4)11/h3,10H,2H2,1H3,(H,12,13)(H2,8,9,11)/t3-/m1/s1. The first-order chi connectivity index (χ1) is 6.02. The molecule has 0 spiro atoms. The number of aliphatic hydroxyl groups excluding tert-OH is 1. The van der Waals surface area contributed by atoms with Crippen LogP contribution in [0.2, 0.25) is 0 Å². The van der Waals surface area contributed by atoms with Crippen molar-refractivity contribution in [3.05, 3.63) is 21.6 Å². The van der Waals surface area contributed by atoms with Crippen LogP contribution >= 0.6 is 0 Å². The molecule has 1 aromatic heterocycles. The van der Waals surface area contributed by atoms with Gasteiger partial charge in [0, 0.05) is 6.42 Å². The zero-order valence-electron chi connectivity index (χ0n) is 7.00. The molecule has 0 aliphatic heterocycles. The number of aromatic nitrogens is 2. The van der Waals surface area contributed by atoms with Gasteiger partial charge in [0.1, 0.15) is 5.69 Å². The Kier molecular flexibility index (Phi) is 2.52. The van der Waals surface area contributed by atoms with Crippen LogP contribution in [-0.4, -0.2) is 32.5 Å². The molecule has 0 saturated heterocycles. The largest absolute Gasteiger partial charge is 0.477 e. The molecule has 1 atom stereocenters. The minimum atomic E-state index is -1.21. The lowest BCUT2D eigenvalue weighted by atomic mass is 10.1. The summed E-state index contributed by atoms with van der Waals surface area (Å²) < 4.78 is 0. The van der Waals surface area contributed by atoms with Crippen molar-refractivity contribution < 1.29 is 15.0 Å². The van der Waals surface area contributed by atoms with Gasteiger partial charge in [-0.15, -0.1) is 0 Å². The van der Waals surface area contributed by atoms with Gasteiger partial charge in [0.05, 0.1) is 11.7 Å². The van der Waals surface area contributed by atoms with Gasteiger partial charge in [-0.1, -0.05) is 0 Å². The summed E-state index contributed by atoms with van der Waals surface area (Å²) >= 11 is 0. The Morgan fingerprint density at radius 1 is 1.54 bits per heavy atom. The molecule has 6 nitrogen and oxygen atoms in total. The van der Waals surface area contributed by atoms with Gasteiger partial charge in [0.15, 0.2) is 0 Å². The molecule has 0 saturated carbocycles. The number of hydrogen-bond acceptors (Lipinski definition) is 3. The van der Waals surface area contributed by atoms with E-state index in [2.05, 4.69) is 10.2 Å². The molecule has 0 unspecified atom stereocenters. The van der Waals surface area contributed by atoms with Crippen LogP contribution in [0.15, 0.2) is 4.79 Å². The summed E-state index contributed by atoms with van der Waals surface area (Å²) in [4.78, 5) is 21.6. The van der Waals surface area contributed by atoms with Crippen molar-refractivity contribution in [2.45, 2.75) is 19.4 Å². The second kappa shape index (κ2) is 3.44. The van der Waals surface area contributed by atoms with Crippen molar-refractivity contribution in [1.82, 2.24) is 10.2 Å². The Hall–Kier alpha value is -1.56. The lowest BCUT2D eigenvalue weighted by molar-refractivity contribution is 0.0688. The van der Waals surface area contributed by atoms with Gasteiger partial charge >= 0.3 is 5.97 Å². The normalized spacial score (nSPS) is 12.8. The van der Waals surface area contributed by atoms with E-state index in [0.29, 0.717) is 0 Å². The van der Waals surface area contributed by atoms with E-state index in [1.54, 1.807) is 0 Å². The summed E-state index contributed by atoms with van der Waals surface area (Å²) in [5.74, 6) is -1.21. The zero-order chi connectivity index (χ0) is 10.0. The van der Waals surface area contributed by atoms with Gasteiger partial charge < -0.3 is 10.2 Å². The summed E-state index contributed by atoms with van der Waals surface area (Å²) in [6.45, 7) is 1.48. The van der Waals surface area contributed by atoms with Crippen molar-refractivity contribution in [2.75, 3.05) is 0 Å². The van der Waals surface area contributed by atoms with Gasteiger partial charge in [-0.3, -0.25) is 15.0 Å². The lowest BCUT2D eigenvalue weighted by Crippen LogP contribution is -2.15. The molecule has 1 rings (SSSR count). The third-order valence-corrected chi connectivity index (χ3v) is 1.59. The first-order valence-corrected chi connectivity index (χ1v) is 3.73. The predicted octanol–water partition coefficient (Wildman–Crippen LogP) is -0.676. The van der Waals surface area contributed by atoms with Gasteiger partial charge in [-0.05, 0) is 6.92 Å². The third kappa shape index (κ3) is 1.97. The molecule has 0 aliphatic rings. The zero-order valence-corrected chi connectivity index (χ0v) is 7.00. The molecule has 0 aromatic carbocycles. The van der Waals surface area contributed by atoms with E-state index in [9.17, 15) is 9.59 Å². The Morgan fingerprint density at radius 3 is 2.62 bits per heavy atom. The fraction of sp³-hybridized carbons (Fsp3) is 0.429. The quantitative estimate of drug-likeness (QED) is 0.502. The number of nitrogens with one attached hydrogen (secondary N) is 2. The molecule has 0 amide bonds. The molecule has 0 radical (unpaired) electrons. The Morgan fingerprint density at radius 2 is 2.15 bits per heavy atom. The molecule has 6 heteroatoms. The van der Waals surface area contributed by atoms with E-state index in [-0.39, 0.29) is 17.7 Å². The summed E-state index contributed by atoms with van der Waals surface area (Å²) in [5, 5.41) is 22.0. The SMILES string of the molecule is C[C@@H](O)Cc1c(C(=O)O)[nH][nH]c1=O. The molecule has 1 heterocycles. The second-order valence-electron chi connectivity index (χ2n) is 2.79. The van der Waals surface area contributed by atoms with E-state index < -0.39 is 17.6 Å². The maximum absolute atomic E-state index is 11.0. The van der Waals surface area contributed by atoms with E-state index in [1.807, 2.05) is 0 Å². The van der Waals surface area contributed by atoms with Crippen LogP contribution < -0.4 is 5.56 Å². The highest BCUT2D eigenvalue weighted by molar-refractivity contribution is 5.86. The number of carboxylic acid groups (broad SMARTS) is 1. The van der Waals surface area contributed by atoms with Gasteiger partial charge in [-0.25, -0.2) is 4.79 Å². The van der Waals surface area contributed by atoms with Crippen LogP contribution in [0.3, 0.4) is 0 Å². The molecule has 4 N–H and O–H groups in total. The van der Waals surface area contributed by atoms with Gasteiger partial charge in [0.2, 0.25) is 0 Å². The maximum Gasteiger partial charge on any atom is 0.354 e. The van der Waals surface area contributed by atoms with Crippen molar-refractivity contribution in [3.63, 3.8) is 0 Å². The second-order valence-corrected chi connectivity index (χ2v) is 2.79. The highest BCUT2D eigenvalue weighted by atomic mass is 16.4. The number of aromatic carboxylic acids is 1. The Bertz CT molecular complexity index is 363. The van der Waals surface area contributed by atoms with Crippen LogP contribution in [0.1, 0.15) is 23.0 Å². The van der Waals surface area contributed by atoms with Crippen molar-refractivity contribution in [1.29, 1.82) is 0 Å².